The van der Waals surface area contributed by atoms with Crippen LogP contribution in [0.25, 0.3) is 27.9 Å². The number of amidine groups is 1. The van der Waals surface area contributed by atoms with Gasteiger partial charge in [0.1, 0.15) is 39.3 Å². The van der Waals surface area contributed by atoms with Gasteiger partial charge in [-0.1, -0.05) is 24.0 Å². The molecule has 204 valence electrons. The summed E-state index contributed by atoms with van der Waals surface area (Å²) in [6, 6.07) is 12.0. The van der Waals surface area contributed by atoms with Crippen molar-refractivity contribution in [2.24, 2.45) is 4.99 Å². The minimum absolute atomic E-state index is 0.305. The minimum atomic E-state index is -0.346. The molecule has 0 amide bonds. The first kappa shape index (κ1) is 27.2. The standard InChI is InChI=1S/C29H29FN8OS/c1-5-19(15-32-18(4)36-16-22(39)17-36)23-12-13-24-27(33-23)28(38(7-3)35-24)37(6-2)29-34-26(25(14-31)40-29)20-8-10-21(30)11-9-20/h5,8-13,15,22,39H,1,6-7,16-17H2,2-4H3/b19-15+,32-18+. The molecule has 0 spiro atoms. The van der Waals surface area contributed by atoms with Crippen molar-refractivity contribution in [2.75, 3.05) is 24.5 Å². The molecule has 0 aliphatic carbocycles. The van der Waals surface area contributed by atoms with Crippen LogP contribution in [0.2, 0.25) is 0 Å². The molecule has 1 fully saturated rings. The molecular formula is C29H29FN8OS. The predicted octanol–water partition coefficient (Wildman–Crippen LogP) is 5.37. The molecule has 4 heterocycles. The van der Waals surface area contributed by atoms with E-state index in [2.05, 4.69) is 17.6 Å². The van der Waals surface area contributed by atoms with Gasteiger partial charge in [-0.05, 0) is 57.2 Å². The van der Waals surface area contributed by atoms with E-state index in [1.165, 1.54) is 23.5 Å². The average Bonchev–Trinajstić information content (AvgIpc) is 3.54. The number of hydrogen-bond acceptors (Lipinski definition) is 8. The number of fused-ring (bicyclic) bond motifs is 1. The minimum Gasteiger partial charge on any atom is -0.389 e. The SMILES string of the molecule is C=C/C(=C\N=C(/C)N1CC(O)C1)c1ccc2nn(CC)c(N(CC)c3nc(-c4ccc(F)cc4)c(C#N)s3)c2n1. The summed E-state index contributed by atoms with van der Waals surface area (Å²) in [6.45, 7) is 12.2. The van der Waals surface area contributed by atoms with E-state index in [0.29, 0.717) is 58.7 Å². The number of hydrogen-bond donors (Lipinski definition) is 1. The first-order valence-electron chi connectivity index (χ1n) is 13.0. The van der Waals surface area contributed by atoms with Crippen molar-refractivity contribution in [3.8, 4) is 17.3 Å². The lowest BCUT2D eigenvalue weighted by molar-refractivity contribution is 0.0463. The number of anilines is 2. The van der Waals surface area contributed by atoms with Crippen molar-refractivity contribution in [3.63, 3.8) is 0 Å². The number of benzene rings is 1. The number of thiazole rings is 1. The van der Waals surface area contributed by atoms with Crippen LogP contribution in [0.15, 0.2) is 60.2 Å². The number of nitriles is 1. The van der Waals surface area contributed by atoms with Crippen molar-refractivity contribution in [1.29, 1.82) is 5.26 Å². The highest BCUT2D eigenvalue weighted by Crippen LogP contribution is 2.38. The van der Waals surface area contributed by atoms with Gasteiger partial charge in [-0.3, -0.25) is 0 Å². The number of aliphatic imine (C=N–C) groups is 1. The normalized spacial score (nSPS) is 14.3. The molecule has 1 saturated heterocycles. The van der Waals surface area contributed by atoms with Gasteiger partial charge in [0.2, 0.25) is 0 Å². The third kappa shape index (κ3) is 5.11. The van der Waals surface area contributed by atoms with E-state index in [-0.39, 0.29) is 11.9 Å². The summed E-state index contributed by atoms with van der Waals surface area (Å²) in [4.78, 5) is 18.8. The summed E-state index contributed by atoms with van der Waals surface area (Å²) < 4.78 is 15.4. The second-order valence-corrected chi connectivity index (χ2v) is 10.2. The third-order valence-electron chi connectivity index (χ3n) is 6.72. The molecule has 4 aromatic rings. The summed E-state index contributed by atoms with van der Waals surface area (Å²) in [6.07, 6.45) is 3.14. The Bertz CT molecular complexity index is 1660. The van der Waals surface area contributed by atoms with Crippen molar-refractivity contribution in [2.45, 2.75) is 33.4 Å². The number of β-amino-alcohol motifs (C(OH)–C–C–N with tert-alkyl or cyclic N) is 1. The molecule has 1 aliphatic rings. The van der Waals surface area contributed by atoms with Crippen LogP contribution in [0.4, 0.5) is 15.3 Å². The van der Waals surface area contributed by atoms with Gasteiger partial charge in [0, 0.05) is 43.5 Å². The Hall–Kier alpha value is -4.40. The van der Waals surface area contributed by atoms with E-state index >= 15 is 0 Å². The van der Waals surface area contributed by atoms with Gasteiger partial charge in [0.15, 0.2) is 10.9 Å². The lowest BCUT2D eigenvalue weighted by atomic mass is 10.1. The molecule has 3 aromatic heterocycles. The second kappa shape index (κ2) is 11.4. The van der Waals surface area contributed by atoms with E-state index in [4.69, 9.17) is 15.1 Å². The number of allylic oxidation sites excluding steroid dienone is 2. The van der Waals surface area contributed by atoms with Crippen molar-refractivity contribution in [3.05, 3.63) is 71.6 Å². The summed E-state index contributed by atoms with van der Waals surface area (Å²) in [5.74, 6) is 1.24. The highest BCUT2D eigenvalue weighted by molar-refractivity contribution is 7.16. The zero-order valence-electron chi connectivity index (χ0n) is 22.5. The molecule has 11 heteroatoms. The third-order valence-corrected chi connectivity index (χ3v) is 7.71. The maximum Gasteiger partial charge on any atom is 0.192 e. The second-order valence-electron chi connectivity index (χ2n) is 9.26. The molecule has 1 aromatic carbocycles. The largest absolute Gasteiger partial charge is 0.389 e. The summed E-state index contributed by atoms with van der Waals surface area (Å²) in [7, 11) is 0. The van der Waals surface area contributed by atoms with Gasteiger partial charge in [-0.15, -0.1) is 0 Å². The first-order valence-corrected chi connectivity index (χ1v) is 13.8. The molecule has 1 N–H and O–H groups in total. The van der Waals surface area contributed by atoms with Crippen molar-refractivity contribution < 1.29 is 9.50 Å². The molecule has 0 unspecified atom stereocenters. The van der Waals surface area contributed by atoms with Gasteiger partial charge in [-0.25, -0.2) is 24.0 Å². The van der Waals surface area contributed by atoms with Crippen LogP contribution >= 0.6 is 11.3 Å². The quantitative estimate of drug-likeness (QED) is 0.177. The van der Waals surface area contributed by atoms with Crippen LogP contribution in [-0.2, 0) is 6.54 Å². The Kier molecular flexibility index (Phi) is 7.73. The molecule has 40 heavy (non-hydrogen) atoms. The maximum atomic E-state index is 13.5. The molecule has 1 aliphatic heterocycles. The van der Waals surface area contributed by atoms with Crippen LogP contribution in [-0.4, -0.2) is 61.3 Å². The highest BCUT2D eigenvalue weighted by Gasteiger charge is 2.26. The lowest BCUT2D eigenvalue weighted by Gasteiger charge is -2.37. The highest BCUT2D eigenvalue weighted by atomic mass is 32.1. The number of halogens is 1. The van der Waals surface area contributed by atoms with E-state index in [1.54, 1.807) is 24.4 Å². The first-order chi connectivity index (χ1) is 19.4. The number of pyridine rings is 1. The maximum absolute atomic E-state index is 13.5. The van der Waals surface area contributed by atoms with Crippen molar-refractivity contribution in [1.82, 2.24) is 24.6 Å². The predicted molar refractivity (Wildman–Crippen MR) is 157 cm³/mol. The number of aryl methyl sites for hydroxylation is 1. The van der Waals surface area contributed by atoms with Gasteiger partial charge >= 0.3 is 0 Å². The topological polar surface area (TPSA) is 106 Å². The molecule has 0 bridgehead atoms. The van der Waals surface area contributed by atoms with Crippen LogP contribution in [0.1, 0.15) is 31.3 Å². The molecule has 9 nitrogen and oxygen atoms in total. The average molecular weight is 557 g/mol. The number of rotatable bonds is 8. The lowest BCUT2D eigenvalue weighted by Crippen LogP contribution is -2.52. The van der Waals surface area contributed by atoms with Gasteiger partial charge < -0.3 is 14.9 Å². The fourth-order valence-electron chi connectivity index (χ4n) is 4.51. The number of aliphatic hydroxyl groups is 1. The van der Waals surface area contributed by atoms with Crippen LogP contribution in [0.3, 0.4) is 0 Å². The smallest absolute Gasteiger partial charge is 0.192 e. The van der Waals surface area contributed by atoms with Gasteiger partial charge in [0.05, 0.1) is 11.8 Å². The molecule has 5 rings (SSSR count). The molecule has 0 atom stereocenters. The Morgan fingerprint density at radius 2 is 2.00 bits per heavy atom. The Labute approximate surface area is 235 Å². The fourth-order valence-corrected chi connectivity index (χ4v) is 5.46. The summed E-state index contributed by atoms with van der Waals surface area (Å²) >= 11 is 1.28. The van der Waals surface area contributed by atoms with E-state index < -0.39 is 0 Å². The number of likely N-dealkylation sites (tertiary alicyclic amines) is 1. The Morgan fingerprint density at radius 1 is 1.25 bits per heavy atom. The zero-order valence-corrected chi connectivity index (χ0v) is 23.4. The van der Waals surface area contributed by atoms with E-state index in [1.807, 2.05) is 47.4 Å². The monoisotopic (exact) mass is 556 g/mol. The molecule has 0 saturated carbocycles. The fraction of sp³-hybridized carbons (Fsp3) is 0.276. The Morgan fingerprint density at radius 3 is 2.62 bits per heavy atom. The zero-order chi connectivity index (χ0) is 28.4. The van der Waals surface area contributed by atoms with Gasteiger partial charge in [-0.2, -0.15) is 10.4 Å². The number of aromatic nitrogens is 4. The van der Waals surface area contributed by atoms with E-state index in [0.717, 1.165) is 22.7 Å². The van der Waals surface area contributed by atoms with Crippen LogP contribution < -0.4 is 4.90 Å². The number of aliphatic hydroxyl groups excluding tert-OH is 1. The van der Waals surface area contributed by atoms with E-state index in [9.17, 15) is 14.8 Å². The number of nitrogens with zero attached hydrogens (tertiary/aromatic N) is 8. The van der Waals surface area contributed by atoms with Crippen LogP contribution in [0.5, 0.6) is 0 Å². The summed E-state index contributed by atoms with van der Waals surface area (Å²) in [5.41, 5.74) is 4.06. The Balaban J connectivity index is 1.57. The molecular weight excluding hydrogens is 527 g/mol. The summed E-state index contributed by atoms with van der Waals surface area (Å²) in [5, 5.41) is 24.8. The van der Waals surface area contributed by atoms with Crippen LogP contribution in [0, 0.1) is 17.1 Å². The van der Waals surface area contributed by atoms with Gasteiger partial charge in [0.25, 0.3) is 0 Å². The molecule has 0 radical (unpaired) electrons. The van der Waals surface area contributed by atoms with Crippen molar-refractivity contribution >= 4 is 44.7 Å².